The summed E-state index contributed by atoms with van der Waals surface area (Å²) in [6, 6.07) is 5.40. The van der Waals surface area contributed by atoms with E-state index in [1.54, 1.807) is 0 Å². The molecule has 3 rings (SSSR count). The fourth-order valence-electron chi connectivity index (χ4n) is 3.22. The van der Waals surface area contributed by atoms with Gasteiger partial charge in [0.15, 0.2) is 11.5 Å². The minimum absolute atomic E-state index is 0.170. The van der Waals surface area contributed by atoms with Gasteiger partial charge in [-0.25, -0.2) is 4.79 Å². The molecule has 0 saturated heterocycles. The Morgan fingerprint density at radius 3 is 2.70 bits per heavy atom. The van der Waals surface area contributed by atoms with Crippen LogP contribution in [0.1, 0.15) is 58.3 Å². The van der Waals surface area contributed by atoms with Gasteiger partial charge in [0.2, 0.25) is 0 Å². The van der Waals surface area contributed by atoms with E-state index in [0.29, 0.717) is 6.54 Å². The van der Waals surface area contributed by atoms with Crippen LogP contribution in [0.4, 0.5) is 10.5 Å². The number of fused-ring (bicyclic) bond motifs is 1. The first-order valence-electron chi connectivity index (χ1n) is 8.78. The number of hydrogen-bond acceptors (Lipinski definition) is 3. The molecule has 2 N–H and O–H groups in total. The topological polar surface area (TPSA) is 59.6 Å². The van der Waals surface area contributed by atoms with Crippen LogP contribution in [0.15, 0.2) is 18.2 Å². The van der Waals surface area contributed by atoms with Gasteiger partial charge in [-0.2, -0.15) is 0 Å². The molecule has 1 fully saturated rings. The smallest absolute Gasteiger partial charge is 0.319 e. The van der Waals surface area contributed by atoms with Crippen molar-refractivity contribution in [2.75, 3.05) is 11.9 Å². The highest BCUT2D eigenvalue weighted by atomic mass is 16.7. The molecule has 1 heterocycles. The lowest BCUT2D eigenvalue weighted by atomic mass is 10.2. The highest BCUT2D eigenvalue weighted by Gasteiger charge is 2.44. The van der Waals surface area contributed by atoms with Crippen LogP contribution in [0, 0.1) is 0 Å². The molecule has 5 heteroatoms. The Hall–Kier alpha value is -1.91. The average molecular weight is 318 g/mol. The van der Waals surface area contributed by atoms with Gasteiger partial charge in [-0.05, 0) is 31.4 Å². The Labute approximate surface area is 137 Å². The van der Waals surface area contributed by atoms with Crippen molar-refractivity contribution in [2.24, 2.45) is 0 Å². The lowest BCUT2D eigenvalue weighted by molar-refractivity contribution is -0.0716. The van der Waals surface area contributed by atoms with Gasteiger partial charge in [-0.15, -0.1) is 0 Å². The van der Waals surface area contributed by atoms with Gasteiger partial charge < -0.3 is 20.1 Å². The Balaban J connectivity index is 1.50. The molecule has 126 valence electrons. The van der Waals surface area contributed by atoms with Crippen molar-refractivity contribution in [3.63, 3.8) is 0 Å². The largest absolute Gasteiger partial charge is 0.448 e. The minimum atomic E-state index is -0.456. The number of anilines is 1. The van der Waals surface area contributed by atoms with E-state index in [2.05, 4.69) is 17.6 Å². The summed E-state index contributed by atoms with van der Waals surface area (Å²) in [6.45, 7) is 2.88. The predicted octanol–water partition coefficient (Wildman–Crippen LogP) is 4.43. The molecule has 1 aromatic rings. The van der Waals surface area contributed by atoms with E-state index < -0.39 is 5.79 Å². The molecule has 1 aromatic carbocycles. The molecular formula is C18H26N2O3. The molecule has 1 aliphatic carbocycles. The summed E-state index contributed by atoms with van der Waals surface area (Å²) in [5.41, 5.74) is 0.730. The highest BCUT2D eigenvalue weighted by Crippen LogP contribution is 2.47. The van der Waals surface area contributed by atoms with Gasteiger partial charge in [-0.3, -0.25) is 0 Å². The molecule has 0 radical (unpaired) electrons. The van der Waals surface area contributed by atoms with Crippen molar-refractivity contribution in [3.05, 3.63) is 18.2 Å². The maximum absolute atomic E-state index is 11.9. The molecule has 23 heavy (non-hydrogen) atoms. The summed E-state index contributed by atoms with van der Waals surface area (Å²) in [6.07, 6.45) is 8.73. The number of ether oxygens (including phenoxy) is 2. The molecule has 1 saturated carbocycles. The fraction of sp³-hybridized carbons (Fsp3) is 0.611. The van der Waals surface area contributed by atoms with Crippen LogP contribution in [0.5, 0.6) is 11.5 Å². The van der Waals surface area contributed by atoms with Gasteiger partial charge in [0.05, 0.1) is 0 Å². The maximum atomic E-state index is 11.9. The van der Waals surface area contributed by atoms with E-state index >= 15 is 0 Å². The fourth-order valence-corrected chi connectivity index (χ4v) is 3.22. The number of hydrogen-bond donors (Lipinski definition) is 2. The van der Waals surface area contributed by atoms with Crippen LogP contribution in [-0.2, 0) is 0 Å². The van der Waals surface area contributed by atoms with Crippen molar-refractivity contribution in [3.8, 4) is 11.5 Å². The summed E-state index contributed by atoms with van der Waals surface area (Å²) in [7, 11) is 0. The summed E-state index contributed by atoms with van der Waals surface area (Å²) in [5, 5.41) is 5.74. The third-order valence-corrected chi connectivity index (χ3v) is 4.47. The van der Waals surface area contributed by atoms with Gasteiger partial charge in [0, 0.05) is 31.1 Å². The van der Waals surface area contributed by atoms with E-state index in [1.165, 1.54) is 12.8 Å². The van der Waals surface area contributed by atoms with Crippen LogP contribution >= 0.6 is 0 Å². The third kappa shape index (κ3) is 3.89. The molecule has 0 atom stereocenters. The molecule has 0 unspecified atom stereocenters. The standard InChI is InChI=1S/C18H26N2O3/c1-2-3-4-7-12-19-17(21)20-14-8-9-15-16(13-14)23-18(22-15)10-5-6-11-18/h8-9,13H,2-7,10-12H2,1H3,(H2,19,20,21). The first kappa shape index (κ1) is 16.0. The summed E-state index contributed by atoms with van der Waals surface area (Å²) in [5.74, 6) is 1.05. The number of amides is 2. The van der Waals surface area contributed by atoms with Crippen LogP contribution in [-0.4, -0.2) is 18.4 Å². The number of benzene rings is 1. The van der Waals surface area contributed by atoms with Gasteiger partial charge >= 0.3 is 6.03 Å². The van der Waals surface area contributed by atoms with Gasteiger partial charge in [-0.1, -0.05) is 26.2 Å². The first-order valence-corrected chi connectivity index (χ1v) is 8.78. The summed E-state index contributed by atoms with van der Waals surface area (Å²) < 4.78 is 12.0. The SMILES string of the molecule is CCCCCCNC(=O)Nc1ccc2c(c1)OC1(CCCC1)O2. The Kier molecular flexibility index (Phi) is 4.94. The van der Waals surface area contributed by atoms with Crippen molar-refractivity contribution >= 4 is 11.7 Å². The number of urea groups is 1. The molecule has 5 nitrogen and oxygen atoms in total. The quantitative estimate of drug-likeness (QED) is 0.763. The van der Waals surface area contributed by atoms with Crippen LogP contribution in [0.25, 0.3) is 0 Å². The lowest BCUT2D eigenvalue weighted by Gasteiger charge is -2.21. The van der Waals surface area contributed by atoms with Gasteiger partial charge in [0.1, 0.15) is 0 Å². The van der Waals surface area contributed by atoms with Crippen LogP contribution in [0.3, 0.4) is 0 Å². The Bertz CT molecular complexity index is 553. The van der Waals surface area contributed by atoms with Crippen molar-refractivity contribution in [1.82, 2.24) is 5.32 Å². The van der Waals surface area contributed by atoms with Crippen LogP contribution in [0.2, 0.25) is 0 Å². The zero-order valence-electron chi connectivity index (χ0n) is 13.8. The van der Waals surface area contributed by atoms with Crippen molar-refractivity contribution in [1.29, 1.82) is 0 Å². The Morgan fingerprint density at radius 1 is 1.13 bits per heavy atom. The number of unbranched alkanes of at least 4 members (excludes halogenated alkanes) is 3. The zero-order chi connectivity index (χ0) is 16.1. The lowest BCUT2D eigenvalue weighted by Crippen LogP contribution is -2.34. The number of rotatable bonds is 6. The number of carbonyl (C=O) groups excluding carboxylic acids is 1. The van der Waals surface area contributed by atoms with E-state index in [1.807, 2.05) is 18.2 Å². The maximum Gasteiger partial charge on any atom is 0.319 e. The molecule has 2 aliphatic rings. The van der Waals surface area contributed by atoms with Crippen molar-refractivity contribution < 1.29 is 14.3 Å². The Morgan fingerprint density at radius 2 is 1.91 bits per heavy atom. The van der Waals surface area contributed by atoms with E-state index in [0.717, 1.165) is 55.7 Å². The second-order valence-electron chi connectivity index (χ2n) is 6.42. The molecule has 1 aliphatic heterocycles. The summed E-state index contributed by atoms with van der Waals surface area (Å²) >= 11 is 0. The number of nitrogens with one attached hydrogen (secondary N) is 2. The average Bonchev–Trinajstić information content (AvgIpc) is 3.13. The van der Waals surface area contributed by atoms with E-state index in [9.17, 15) is 4.79 Å². The molecular weight excluding hydrogens is 292 g/mol. The first-order chi connectivity index (χ1) is 11.2. The number of carbonyl (C=O) groups is 1. The van der Waals surface area contributed by atoms with Crippen LogP contribution < -0.4 is 20.1 Å². The highest BCUT2D eigenvalue weighted by molar-refractivity contribution is 5.89. The van der Waals surface area contributed by atoms with E-state index in [-0.39, 0.29) is 6.03 Å². The zero-order valence-corrected chi connectivity index (χ0v) is 13.8. The molecule has 2 amide bonds. The second kappa shape index (κ2) is 7.11. The summed E-state index contributed by atoms with van der Waals surface area (Å²) in [4.78, 5) is 11.9. The van der Waals surface area contributed by atoms with Gasteiger partial charge in [0.25, 0.3) is 5.79 Å². The monoisotopic (exact) mass is 318 g/mol. The van der Waals surface area contributed by atoms with Crippen molar-refractivity contribution in [2.45, 2.75) is 64.1 Å². The molecule has 0 bridgehead atoms. The molecule has 1 spiro atoms. The van der Waals surface area contributed by atoms with E-state index in [4.69, 9.17) is 9.47 Å². The predicted molar refractivity (Wildman–Crippen MR) is 90.1 cm³/mol. The normalized spacial score (nSPS) is 17.4. The molecule has 0 aromatic heterocycles. The third-order valence-electron chi connectivity index (χ3n) is 4.47. The minimum Gasteiger partial charge on any atom is -0.448 e. The second-order valence-corrected chi connectivity index (χ2v) is 6.42.